The molecule has 9 nitrogen and oxygen atoms in total. The van der Waals surface area contributed by atoms with Crippen LogP contribution in [-0.2, 0) is 22.4 Å². The molecule has 40 heavy (non-hydrogen) atoms. The molecule has 0 unspecified atom stereocenters. The average Bonchev–Trinajstić information content (AvgIpc) is 2.93. The van der Waals surface area contributed by atoms with Crippen molar-refractivity contribution in [3.63, 3.8) is 0 Å². The highest BCUT2D eigenvalue weighted by molar-refractivity contribution is 6.31. The molecule has 0 radical (unpaired) electrons. The summed E-state index contributed by atoms with van der Waals surface area (Å²) in [5.74, 6) is -0.841. The molecule has 0 spiro atoms. The van der Waals surface area contributed by atoms with Crippen LogP contribution in [-0.4, -0.2) is 52.1 Å². The SMILES string of the molecule is CC(C)C[C@@H](BOc1cc(CC(=O)C(C)C)ccc1O)NC(=O)[C@H](Cc1ccccc1)NC(=O)c1cnccn1. The van der Waals surface area contributed by atoms with Gasteiger partial charge in [0.2, 0.25) is 5.91 Å². The van der Waals surface area contributed by atoms with E-state index in [1.165, 1.54) is 24.7 Å². The van der Waals surface area contributed by atoms with Crippen molar-refractivity contribution in [2.24, 2.45) is 11.8 Å². The average molecular weight is 544 g/mol. The van der Waals surface area contributed by atoms with Gasteiger partial charge in [0, 0.05) is 37.1 Å². The number of nitrogens with one attached hydrogen (secondary N) is 2. The Morgan fingerprint density at radius 3 is 2.38 bits per heavy atom. The van der Waals surface area contributed by atoms with Crippen LogP contribution >= 0.6 is 0 Å². The monoisotopic (exact) mass is 544 g/mol. The van der Waals surface area contributed by atoms with Crippen LogP contribution in [0.25, 0.3) is 0 Å². The molecule has 210 valence electrons. The highest BCUT2D eigenvalue weighted by atomic mass is 16.4. The zero-order valence-corrected chi connectivity index (χ0v) is 23.5. The Kier molecular flexibility index (Phi) is 11.2. The van der Waals surface area contributed by atoms with Gasteiger partial charge in [-0.25, -0.2) is 4.98 Å². The molecule has 0 aliphatic rings. The molecule has 3 rings (SSSR count). The Labute approximate surface area is 236 Å². The second-order valence-electron chi connectivity index (χ2n) is 10.6. The summed E-state index contributed by atoms with van der Waals surface area (Å²) in [7, 11) is 0.0925. The quantitative estimate of drug-likeness (QED) is 0.266. The van der Waals surface area contributed by atoms with Gasteiger partial charge >= 0.3 is 7.48 Å². The third-order valence-electron chi connectivity index (χ3n) is 6.29. The number of ketones is 1. The van der Waals surface area contributed by atoms with Gasteiger partial charge in [-0.15, -0.1) is 0 Å². The number of Topliss-reactive ketones (excluding diaryl/α,β-unsaturated/α-hetero) is 1. The molecule has 1 aromatic heterocycles. The number of aromatic nitrogens is 2. The number of aromatic hydroxyl groups is 1. The molecule has 0 saturated carbocycles. The lowest BCUT2D eigenvalue weighted by atomic mass is 9.81. The van der Waals surface area contributed by atoms with E-state index < -0.39 is 17.9 Å². The van der Waals surface area contributed by atoms with Crippen LogP contribution < -0.4 is 15.3 Å². The minimum atomic E-state index is -0.870. The Balaban J connectivity index is 1.74. The van der Waals surface area contributed by atoms with E-state index in [0.717, 1.165) is 11.1 Å². The highest BCUT2D eigenvalue weighted by Gasteiger charge is 2.26. The van der Waals surface area contributed by atoms with Gasteiger partial charge in [0.15, 0.2) is 5.75 Å². The summed E-state index contributed by atoms with van der Waals surface area (Å²) in [5.41, 5.74) is 1.74. The maximum Gasteiger partial charge on any atom is 0.362 e. The van der Waals surface area contributed by atoms with Gasteiger partial charge in [-0.1, -0.05) is 64.1 Å². The van der Waals surface area contributed by atoms with Crippen LogP contribution in [0.5, 0.6) is 11.5 Å². The molecule has 2 amide bonds. The first kappa shape index (κ1) is 30.3. The maximum absolute atomic E-state index is 13.5. The predicted octanol–water partition coefficient (Wildman–Crippen LogP) is 3.21. The van der Waals surface area contributed by atoms with E-state index in [4.69, 9.17) is 4.65 Å². The summed E-state index contributed by atoms with van der Waals surface area (Å²) in [5, 5.41) is 16.2. The smallest absolute Gasteiger partial charge is 0.362 e. The molecule has 1 heterocycles. The number of nitrogens with zero attached hydrogens (tertiary/aromatic N) is 2. The lowest BCUT2D eigenvalue weighted by molar-refractivity contribution is -0.123. The molecule has 0 bridgehead atoms. The summed E-state index contributed by atoms with van der Waals surface area (Å²) in [4.78, 5) is 46.5. The van der Waals surface area contributed by atoms with E-state index in [1.807, 2.05) is 58.0 Å². The van der Waals surface area contributed by atoms with Gasteiger partial charge in [-0.2, -0.15) is 0 Å². The van der Waals surface area contributed by atoms with E-state index in [9.17, 15) is 19.5 Å². The number of benzene rings is 2. The zero-order valence-electron chi connectivity index (χ0n) is 23.5. The van der Waals surface area contributed by atoms with Crippen LogP contribution in [0.2, 0.25) is 0 Å². The molecule has 2 aromatic carbocycles. The maximum atomic E-state index is 13.5. The minimum Gasteiger partial charge on any atom is -0.559 e. The van der Waals surface area contributed by atoms with Crippen molar-refractivity contribution >= 4 is 25.1 Å². The molecule has 10 heteroatoms. The van der Waals surface area contributed by atoms with Crippen LogP contribution in [0.3, 0.4) is 0 Å². The molecule has 0 fully saturated rings. The molecule has 3 aromatic rings. The molecule has 3 N–H and O–H groups in total. The third-order valence-corrected chi connectivity index (χ3v) is 6.29. The van der Waals surface area contributed by atoms with Crippen LogP contribution in [0, 0.1) is 11.8 Å². The Morgan fingerprint density at radius 1 is 0.975 bits per heavy atom. The van der Waals surface area contributed by atoms with E-state index in [2.05, 4.69) is 20.6 Å². The van der Waals surface area contributed by atoms with Crippen molar-refractivity contribution in [1.29, 1.82) is 0 Å². The molecular formula is C30H37BN4O5. The molecule has 2 atom stereocenters. The van der Waals surface area contributed by atoms with Gasteiger partial charge in [-0.3, -0.25) is 19.4 Å². The topological polar surface area (TPSA) is 131 Å². The predicted molar refractivity (Wildman–Crippen MR) is 154 cm³/mol. The minimum absolute atomic E-state index is 0.0476. The summed E-state index contributed by atoms with van der Waals surface area (Å²) in [6, 6.07) is 13.4. The van der Waals surface area contributed by atoms with Gasteiger partial charge in [0.05, 0.1) is 6.20 Å². The Hall–Kier alpha value is -4.21. The van der Waals surface area contributed by atoms with E-state index in [0.29, 0.717) is 6.42 Å². The van der Waals surface area contributed by atoms with Gasteiger partial charge in [-0.05, 0) is 35.6 Å². The number of hydrogen-bond donors (Lipinski definition) is 3. The second-order valence-corrected chi connectivity index (χ2v) is 10.6. The van der Waals surface area contributed by atoms with E-state index >= 15 is 0 Å². The van der Waals surface area contributed by atoms with Crippen molar-refractivity contribution in [2.75, 3.05) is 0 Å². The number of phenols is 1. The Bertz CT molecular complexity index is 1270. The first-order valence-corrected chi connectivity index (χ1v) is 13.5. The highest BCUT2D eigenvalue weighted by Crippen LogP contribution is 2.27. The van der Waals surface area contributed by atoms with Gasteiger partial charge in [0.25, 0.3) is 5.91 Å². The van der Waals surface area contributed by atoms with Crippen molar-refractivity contribution in [3.8, 4) is 11.5 Å². The summed E-state index contributed by atoms with van der Waals surface area (Å²) in [6.07, 6.45) is 5.36. The fourth-order valence-electron chi connectivity index (χ4n) is 4.13. The van der Waals surface area contributed by atoms with Crippen LogP contribution in [0.15, 0.2) is 67.1 Å². The fraction of sp³-hybridized carbons (Fsp3) is 0.367. The van der Waals surface area contributed by atoms with Crippen molar-refractivity contribution in [3.05, 3.63) is 83.9 Å². The first-order valence-electron chi connectivity index (χ1n) is 13.5. The van der Waals surface area contributed by atoms with Crippen molar-refractivity contribution in [1.82, 2.24) is 20.6 Å². The van der Waals surface area contributed by atoms with Gasteiger partial charge in [0.1, 0.15) is 23.3 Å². The van der Waals surface area contributed by atoms with E-state index in [-0.39, 0.29) is 61.0 Å². The number of carbonyl (C=O) groups is 3. The number of rotatable bonds is 14. The third kappa shape index (κ3) is 9.52. The van der Waals surface area contributed by atoms with Gasteiger partial charge < -0.3 is 20.4 Å². The second kappa shape index (κ2) is 14.8. The van der Waals surface area contributed by atoms with Crippen molar-refractivity contribution in [2.45, 2.75) is 58.9 Å². The Morgan fingerprint density at radius 2 is 1.73 bits per heavy atom. The lowest BCUT2D eigenvalue weighted by Gasteiger charge is -2.24. The first-order chi connectivity index (χ1) is 19.1. The number of phenolic OH excluding ortho intramolecular Hbond substituents is 1. The molecule has 0 aliphatic carbocycles. The van der Waals surface area contributed by atoms with Crippen LogP contribution in [0.4, 0.5) is 0 Å². The molecule has 0 saturated heterocycles. The largest absolute Gasteiger partial charge is 0.559 e. The number of amides is 2. The van der Waals surface area contributed by atoms with Crippen molar-refractivity contribution < 1.29 is 24.1 Å². The molecule has 0 aliphatic heterocycles. The lowest BCUT2D eigenvalue weighted by Crippen LogP contribution is -2.53. The number of carbonyl (C=O) groups excluding carboxylic acids is 3. The normalized spacial score (nSPS) is 12.4. The fourth-order valence-corrected chi connectivity index (χ4v) is 4.13. The summed E-state index contributed by atoms with van der Waals surface area (Å²) < 4.78 is 5.95. The molecular weight excluding hydrogens is 507 g/mol. The standard InChI is InChI=1S/C30H37BN4O5/c1-19(2)14-28(31-40-27-17-22(10-11-25(27)36)16-26(37)20(3)4)35-29(38)23(15-21-8-6-5-7-9-21)34-30(39)24-18-32-12-13-33-24/h5-13,17-20,23,28,31,36H,14-16H2,1-4H3,(H,34,39)(H,35,38)/t23-,28-/m0/s1. The summed E-state index contributed by atoms with van der Waals surface area (Å²) in [6.45, 7) is 7.76. The zero-order chi connectivity index (χ0) is 29.1. The summed E-state index contributed by atoms with van der Waals surface area (Å²) >= 11 is 0. The van der Waals surface area contributed by atoms with E-state index in [1.54, 1.807) is 12.1 Å². The number of hydrogen-bond acceptors (Lipinski definition) is 7. The van der Waals surface area contributed by atoms with Crippen LogP contribution in [0.1, 0.15) is 55.7 Å².